The zero-order valence-corrected chi connectivity index (χ0v) is 21.7. The van der Waals surface area contributed by atoms with Crippen LogP contribution in [0.3, 0.4) is 0 Å². The van der Waals surface area contributed by atoms with E-state index < -0.39 is 47.5 Å². The number of phenolic OH excluding ortho intramolecular Hbond substituents is 1. The van der Waals surface area contributed by atoms with Crippen molar-refractivity contribution in [2.75, 3.05) is 19.8 Å². The van der Waals surface area contributed by atoms with Gasteiger partial charge in [-0.15, -0.1) is 0 Å². The lowest BCUT2D eigenvalue weighted by atomic mass is 9.95. The van der Waals surface area contributed by atoms with E-state index in [1.807, 2.05) is 13.8 Å². The first-order valence-corrected chi connectivity index (χ1v) is 12.3. The summed E-state index contributed by atoms with van der Waals surface area (Å²) in [5.74, 6) is -2.53. The number of hydrogen-bond acceptors (Lipinski definition) is 8. The van der Waals surface area contributed by atoms with Gasteiger partial charge in [0, 0.05) is 13.0 Å². The molecule has 0 radical (unpaired) electrons. The third kappa shape index (κ3) is 9.30. The van der Waals surface area contributed by atoms with E-state index in [9.17, 15) is 29.4 Å². The molecule has 0 aromatic heterocycles. The first-order chi connectivity index (χ1) is 17.3. The number of amides is 3. The molecule has 3 amide bonds. The van der Waals surface area contributed by atoms with Crippen molar-refractivity contribution in [2.45, 2.75) is 70.2 Å². The normalized spacial score (nSPS) is 17.6. The summed E-state index contributed by atoms with van der Waals surface area (Å²) in [6, 6.07) is 2.55. The molecule has 0 unspecified atom stereocenters. The summed E-state index contributed by atoms with van der Waals surface area (Å²) in [4.78, 5) is 49.8. The summed E-state index contributed by atoms with van der Waals surface area (Å²) in [5, 5.41) is 30.3. The van der Waals surface area contributed by atoms with Gasteiger partial charge in [0.05, 0.1) is 30.8 Å². The fraction of sp³-hybridized carbons (Fsp3) is 0.600. The molecule has 1 aromatic carbocycles. The van der Waals surface area contributed by atoms with Crippen LogP contribution in [0.5, 0.6) is 5.75 Å². The van der Waals surface area contributed by atoms with Gasteiger partial charge in [0.1, 0.15) is 17.8 Å². The Morgan fingerprint density at radius 3 is 2.05 bits per heavy atom. The summed E-state index contributed by atoms with van der Waals surface area (Å²) in [6.45, 7) is 7.64. The van der Waals surface area contributed by atoms with E-state index in [1.54, 1.807) is 26.0 Å². The number of carboxylic acid groups (broad SMARTS) is 1. The number of benzene rings is 1. The number of nitrogens with one attached hydrogen (secondary N) is 4. The first-order valence-electron chi connectivity index (χ1n) is 12.3. The van der Waals surface area contributed by atoms with Gasteiger partial charge in [-0.2, -0.15) is 0 Å². The highest BCUT2D eigenvalue weighted by atomic mass is 16.5. The molecule has 1 saturated heterocycles. The first kappa shape index (κ1) is 30.0. The molecule has 1 aliphatic heterocycles. The van der Waals surface area contributed by atoms with E-state index in [0.29, 0.717) is 5.56 Å². The minimum atomic E-state index is -1.16. The van der Waals surface area contributed by atoms with Crippen LogP contribution in [0, 0.1) is 5.92 Å². The molecule has 2 rings (SSSR count). The predicted octanol–water partition coefficient (Wildman–Crippen LogP) is -0.754. The molecule has 37 heavy (non-hydrogen) atoms. The summed E-state index contributed by atoms with van der Waals surface area (Å²) in [5.41, 5.74) is 5.59. The Morgan fingerprint density at radius 1 is 0.973 bits per heavy atom. The Hall–Kier alpha value is -3.22. The summed E-state index contributed by atoms with van der Waals surface area (Å²) in [6.07, 6.45) is 0.311. The summed E-state index contributed by atoms with van der Waals surface area (Å²) >= 11 is 0. The highest BCUT2D eigenvalue weighted by Crippen LogP contribution is 2.17. The van der Waals surface area contributed by atoms with Crippen LogP contribution in [0.4, 0.5) is 0 Å². The van der Waals surface area contributed by atoms with Crippen LogP contribution in [-0.2, 0) is 30.3 Å². The number of carbonyl (C=O) groups is 4. The SMILES string of the molecule is CC(C)C[C@H](NC(=O)[C@H](Cc1ccc(O)cc1)NC(=O)[C@H](C)NC1(CNC(=O)[C@H](C)N)COC1)C(=O)O. The number of rotatable bonds is 14. The van der Waals surface area contributed by atoms with Crippen molar-refractivity contribution >= 4 is 23.7 Å². The molecule has 1 fully saturated rings. The number of hydrogen-bond donors (Lipinski definition) is 7. The Kier molecular flexibility index (Phi) is 10.8. The average molecular weight is 522 g/mol. The second-order valence-corrected chi connectivity index (χ2v) is 10.1. The van der Waals surface area contributed by atoms with Gasteiger partial charge in [0.2, 0.25) is 17.7 Å². The van der Waals surface area contributed by atoms with E-state index in [-0.39, 0.29) is 50.2 Å². The standard InChI is InChI=1S/C25H39N5O7/c1-14(2)9-20(24(35)36)29-23(34)19(10-17-5-7-18(31)8-6-17)28-22(33)16(4)30-25(12-37-13-25)11-27-21(32)15(3)26/h5-8,14-16,19-20,30-31H,9-13,26H2,1-4H3,(H,27,32)(H,28,33)(H,29,34)(H,35,36)/t15-,16-,19-,20-/m0/s1. The minimum Gasteiger partial charge on any atom is -0.508 e. The fourth-order valence-corrected chi connectivity index (χ4v) is 3.87. The van der Waals surface area contributed by atoms with E-state index >= 15 is 0 Å². The summed E-state index contributed by atoms with van der Waals surface area (Å²) in [7, 11) is 0. The van der Waals surface area contributed by atoms with Gasteiger partial charge in [0.15, 0.2) is 0 Å². The molecule has 1 aromatic rings. The van der Waals surface area contributed by atoms with Crippen molar-refractivity contribution in [2.24, 2.45) is 11.7 Å². The van der Waals surface area contributed by atoms with E-state index in [2.05, 4.69) is 21.3 Å². The maximum absolute atomic E-state index is 13.1. The van der Waals surface area contributed by atoms with Crippen LogP contribution in [0.25, 0.3) is 0 Å². The number of carboxylic acids is 1. The lowest BCUT2D eigenvalue weighted by Crippen LogP contribution is -2.70. The zero-order chi connectivity index (χ0) is 27.8. The van der Waals surface area contributed by atoms with Crippen molar-refractivity contribution in [1.82, 2.24) is 21.3 Å². The van der Waals surface area contributed by atoms with Gasteiger partial charge in [0.25, 0.3) is 0 Å². The number of aromatic hydroxyl groups is 1. The minimum absolute atomic E-state index is 0.0272. The molecule has 12 nitrogen and oxygen atoms in total. The number of phenols is 1. The van der Waals surface area contributed by atoms with Gasteiger partial charge in [-0.3, -0.25) is 19.7 Å². The molecular formula is C25H39N5O7. The number of carbonyl (C=O) groups excluding carboxylic acids is 3. The molecule has 4 atom stereocenters. The third-order valence-corrected chi connectivity index (χ3v) is 6.02. The highest BCUT2D eigenvalue weighted by molar-refractivity contribution is 5.92. The Bertz CT molecular complexity index is 947. The maximum Gasteiger partial charge on any atom is 0.326 e. The molecule has 0 saturated carbocycles. The number of ether oxygens (including phenoxy) is 1. The molecule has 1 heterocycles. The Balaban J connectivity index is 2.12. The van der Waals surface area contributed by atoms with Crippen molar-refractivity contribution in [3.63, 3.8) is 0 Å². The highest BCUT2D eigenvalue weighted by Gasteiger charge is 2.41. The smallest absolute Gasteiger partial charge is 0.326 e. The van der Waals surface area contributed by atoms with Gasteiger partial charge < -0.3 is 36.6 Å². The molecule has 12 heteroatoms. The van der Waals surface area contributed by atoms with Gasteiger partial charge in [-0.25, -0.2) is 4.79 Å². The van der Waals surface area contributed by atoms with Crippen LogP contribution >= 0.6 is 0 Å². The Morgan fingerprint density at radius 2 is 1.57 bits per heavy atom. The quantitative estimate of drug-likeness (QED) is 0.165. The van der Waals surface area contributed by atoms with Crippen LogP contribution in [-0.4, -0.2) is 83.4 Å². The van der Waals surface area contributed by atoms with E-state index in [1.165, 1.54) is 12.1 Å². The van der Waals surface area contributed by atoms with Crippen molar-refractivity contribution in [1.29, 1.82) is 0 Å². The third-order valence-electron chi connectivity index (χ3n) is 6.02. The Labute approximate surface area is 216 Å². The van der Waals surface area contributed by atoms with Crippen LogP contribution in [0.2, 0.25) is 0 Å². The molecular weight excluding hydrogens is 482 g/mol. The number of nitrogens with two attached hydrogens (primary N) is 1. The van der Waals surface area contributed by atoms with Gasteiger partial charge >= 0.3 is 5.97 Å². The molecule has 0 spiro atoms. The predicted molar refractivity (Wildman–Crippen MR) is 136 cm³/mol. The second-order valence-electron chi connectivity index (χ2n) is 10.1. The topological polar surface area (TPSA) is 192 Å². The lowest BCUT2D eigenvalue weighted by Gasteiger charge is -2.44. The lowest BCUT2D eigenvalue weighted by molar-refractivity contribution is -0.142. The van der Waals surface area contributed by atoms with Gasteiger partial charge in [-0.1, -0.05) is 26.0 Å². The van der Waals surface area contributed by atoms with Crippen molar-refractivity contribution in [3.8, 4) is 5.75 Å². The van der Waals surface area contributed by atoms with Crippen LogP contribution in [0.1, 0.15) is 39.7 Å². The largest absolute Gasteiger partial charge is 0.508 e. The zero-order valence-electron chi connectivity index (χ0n) is 21.7. The molecule has 206 valence electrons. The van der Waals surface area contributed by atoms with Gasteiger partial charge in [-0.05, 0) is 43.9 Å². The monoisotopic (exact) mass is 521 g/mol. The maximum atomic E-state index is 13.1. The van der Waals surface area contributed by atoms with Crippen molar-refractivity contribution in [3.05, 3.63) is 29.8 Å². The number of aliphatic carboxylic acids is 1. The molecule has 8 N–H and O–H groups in total. The van der Waals surface area contributed by atoms with Crippen LogP contribution < -0.4 is 27.0 Å². The summed E-state index contributed by atoms with van der Waals surface area (Å²) < 4.78 is 5.30. The second kappa shape index (κ2) is 13.4. The van der Waals surface area contributed by atoms with Crippen molar-refractivity contribution < 1.29 is 34.1 Å². The van der Waals surface area contributed by atoms with Crippen LogP contribution in [0.15, 0.2) is 24.3 Å². The molecule has 1 aliphatic rings. The molecule has 0 aliphatic carbocycles. The van der Waals surface area contributed by atoms with E-state index in [4.69, 9.17) is 10.5 Å². The fourth-order valence-electron chi connectivity index (χ4n) is 3.87. The van der Waals surface area contributed by atoms with E-state index in [0.717, 1.165) is 0 Å². The molecule has 0 bridgehead atoms. The average Bonchev–Trinajstić information content (AvgIpc) is 2.80.